The number of aromatic nitrogens is 2. The van der Waals surface area contributed by atoms with E-state index in [1.54, 1.807) is 11.3 Å². The van der Waals surface area contributed by atoms with Gasteiger partial charge in [0.2, 0.25) is 0 Å². The van der Waals surface area contributed by atoms with Crippen LogP contribution in [-0.4, -0.2) is 15.9 Å². The minimum Gasteiger partial charge on any atom is -0.311 e. The SMILES string of the molecule is Cc1cn2c(CNCC(C)c3ccccc3)c(C)nc2s1. The Morgan fingerprint density at radius 3 is 2.76 bits per heavy atom. The molecule has 110 valence electrons. The molecule has 0 amide bonds. The quantitative estimate of drug-likeness (QED) is 0.774. The van der Waals surface area contributed by atoms with Gasteiger partial charge in [0.15, 0.2) is 4.96 Å². The van der Waals surface area contributed by atoms with E-state index in [1.807, 2.05) is 0 Å². The highest BCUT2D eigenvalue weighted by Gasteiger charge is 2.11. The lowest BCUT2D eigenvalue weighted by Gasteiger charge is -2.13. The van der Waals surface area contributed by atoms with Crippen molar-refractivity contribution in [3.63, 3.8) is 0 Å². The average molecular weight is 299 g/mol. The van der Waals surface area contributed by atoms with Crippen molar-refractivity contribution >= 4 is 16.3 Å². The zero-order valence-electron chi connectivity index (χ0n) is 12.8. The topological polar surface area (TPSA) is 29.3 Å². The monoisotopic (exact) mass is 299 g/mol. The second-order valence-electron chi connectivity index (χ2n) is 5.58. The molecule has 3 aromatic rings. The van der Waals surface area contributed by atoms with Gasteiger partial charge in [-0.15, -0.1) is 11.3 Å². The molecule has 0 spiro atoms. The second-order valence-corrected chi connectivity index (χ2v) is 6.79. The third-order valence-corrected chi connectivity index (χ3v) is 4.75. The lowest BCUT2D eigenvalue weighted by molar-refractivity contribution is 0.605. The first-order valence-electron chi connectivity index (χ1n) is 7.35. The van der Waals surface area contributed by atoms with Crippen molar-refractivity contribution in [2.75, 3.05) is 6.54 Å². The maximum absolute atomic E-state index is 4.63. The summed E-state index contributed by atoms with van der Waals surface area (Å²) in [6, 6.07) is 10.7. The molecule has 1 aromatic carbocycles. The summed E-state index contributed by atoms with van der Waals surface area (Å²) in [5, 5.41) is 3.57. The number of nitrogens with zero attached hydrogens (tertiary/aromatic N) is 2. The first-order chi connectivity index (χ1) is 10.1. The highest BCUT2D eigenvalue weighted by Crippen LogP contribution is 2.21. The van der Waals surface area contributed by atoms with E-state index in [1.165, 1.54) is 16.1 Å². The van der Waals surface area contributed by atoms with Crippen LogP contribution in [0.2, 0.25) is 0 Å². The number of fused-ring (bicyclic) bond motifs is 1. The number of benzene rings is 1. The van der Waals surface area contributed by atoms with Gasteiger partial charge < -0.3 is 5.32 Å². The Balaban J connectivity index is 1.65. The van der Waals surface area contributed by atoms with Crippen molar-refractivity contribution in [2.24, 2.45) is 0 Å². The van der Waals surface area contributed by atoms with Gasteiger partial charge in [-0.1, -0.05) is 37.3 Å². The van der Waals surface area contributed by atoms with Gasteiger partial charge in [-0.3, -0.25) is 4.40 Å². The maximum Gasteiger partial charge on any atom is 0.194 e. The van der Waals surface area contributed by atoms with Gasteiger partial charge in [0.1, 0.15) is 0 Å². The Kier molecular flexibility index (Phi) is 4.08. The number of aryl methyl sites for hydroxylation is 2. The normalized spacial score (nSPS) is 12.9. The van der Waals surface area contributed by atoms with E-state index in [2.05, 4.69) is 72.0 Å². The van der Waals surface area contributed by atoms with Crippen LogP contribution in [0.4, 0.5) is 0 Å². The lowest BCUT2D eigenvalue weighted by Crippen LogP contribution is -2.20. The highest BCUT2D eigenvalue weighted by atomic mass is 32.1. The van der Waals surface area contributed by atoms with Crippen LogP contribution in [0.15, 0.2) is 36.5 Å². The number of hydrogen-bond acceptors (Lipinski definition) is 3. The summed E-state index contributed by atoms with van der Waals surface area (Å²) in [5.41, 5.74) is 3.78. The summed E-state index contributed by atoms with van der Waals surface area (Å²) < 4.78 is 2.22. The maximum atomic E-state index is 4.63. The Morgan fingerprint density at radius 1 is 1.24 bits per heavy atom. The van der Waals surface area contributed by atoms with Crippen molar-refractivity contribution in [1.82, 2.24) is 14.7 Å². The Bertz CT molecular complexity index is 727. The molecule has 0 bridgehead atoms. The molecule has 21 heavy (non-hydrogen) atoms. The van der Waals surface area contributed by atoms with Crippen LogP contribution in [0.25, 0.3) is 4.96 Å². The molecule has 3 rings (SSSR count). The molecule has 1 atom stereocenters. The molecule has 3 nitrogen and oxygen atoms in total. The van der Waals surface area contributed by atoms with E-state index in [4.69, 9.17) is 0 Å². The standard InChI is InChI=1S/C17H21N3S/c1-12(15-7-5-4-6-8-15)9-18-10-16-14(3)19-17-20(16)11-13(2)21-17/h4-8,11-12,18H,9-10H2,1-3H3. The van der Waals surface area contributed by atoms with Crippen LogP contribution in [0, 0.1) is 13.8 Å². The first-order valence-corrected chi connectivity index (χ1v) is 8.16. The van der Waals surface area contributed by atoms with Crippen LogP contribution in [0.1, 0.15) is 34.7 Å². The minimum atomic E-state index is 0.513. The number of imidazole rings is 1. The number of hydrogen-bond donors (Lipinski definition) is 1. The lowest BCUT2D eigenvalue weighted by atomic mass is 10.0. The summed E-state index contributed by atoms with van der Waals surface area (Å²) in [6.07, 6.45) is 2.18. The van der Waals surface area contributed by atoms with Crippen LogP contribution < -0.4 is 5.32 Å². The zero-order chi connectivity index (χ0) is 14.8. The van der Waals surface area contributed by atoms with Crippen LogP contribution >= 0.6 is 11.3 Å². The number of thiazole rings is 1. The third-order valence-electron chi connectivity index (χ3n) is 3.85. The van der Waals surface area contributed by atoms with Crippen molar-refractivity contribution in [1.29, 1.82) is 0 Å². The van der Waals surface area contributed by atoms with Gasteiger partial charge >= 0.3 is 0 Å². The zero-order valence-corrected chi connectivity index (χ0v) is 13.6. The first kappa shape index (κ1) is 14.3. The van der Waals surface area contributed by atoms with Crippen LogP contribution in [0.5, 0.6) is 0 Å². The Morgan fingerprint density at radius 2 is 2.00 bits per heavy atom. The van der Waals surface area contributed by atoms with Crippen molar-refractivity contribution in [3.05, 3.63) is 58.4 Å². The molecule has 2 heterocycles. The van der Waals surface area contributed by atoms with E-state index >= 15 is 0 Å². The highest BCUT2D eigenvalue weighted by molar-refractivity contribution is 7.17. The van der Waals surface area contributed by atoms with Crippen LogP contribution in [-0.2, 0) is 6.54 Å². The minimum absolute atomic E-state index is 0.513. The fraction of sp³-hybridized carbons (Fsp3) is 0.353. The van der Waals surface area contributed by atoms with E-state index < -0.39 is 0 Å². The van der Waals surface area contributed by atoms with Crippen LogP contribution in [0.3, 0.4) is 0 Å². The average Bonchev–Trinajstić information content (AvgIpc) is 2.96. The molecule has 4 heteroatoms. The predicted octanol–water partition coefficient (Wildman–Crippen LogP) is 3.91. The molecule has 1 N–H and O–H groups in total. The Hall–Kier alpha value is -1.65. The number of nitrogens with one attached hydrogen (secondary N) is 1. The molecular weight excluding hydrogens is 278 g/mol. The van der Waals surface area contributed by atoms with Gasteiger partial charge in [-0.2, -0.15) is 0 Å². The van der Waals surface area contributed by atoms with E-state index in [0.717, 1.165) is 23.7 Å². The predicted molar refractivity (Wildman–Crippen MR) is 89.1 cm³/mol. The van der Waals surface area contributed by atoms with Gasteiger partial charge in [0.05, 0.1) is 11.4 Å². The second kappa shape index (κ2) is 6.00. The molecule has 0 aliphatic carbocycles. The van der Waals surface area contributed by atoms with Crippen molar-refractivity contribution in [3.8, 4) is 0 Å². The summed E-state index contributed by atoms with van der Waals surface area (Å²) in [4.78, 5) is 7.03. The fourth-order valence-corrected chi connectivity index (χ4v) is 3.52. The Labute approximate surface area is 129 Å². The summed E-state index contributed by atoms with van der Waals surface area (Å²) >= 11 is 1.75. The van der Waals surface area contributed by atoms with Gasteiger partial charge in [-0.05, 0) is 25.3 Å². The number of rotatable bonds is 5. The fourth-order valence-electron chi connectivity index (χ4n) is 2.63. The van der Waals surface area contributed by atoms with E-state index in [9.17, 15) is 0 Å². The van der Waals surface area contributed by atoms with E-state index in [-0.39, 0.29) is 0 Å². The largest absolute Gasteiger partial charge is 0.311 e. The van der Waals surface area contributed by atoms with Crippen molar-refractivity contribution in [2.45, 2.75) is 33.2 Å². The summed E-state index contributed by atoms with van der Waals surface area (Å²) in [6.45, 7) is 8.31. The van der Waals surface area contributed by atoms with Crippen molar-refractivity contribution < 1.29 is 0 Å². The van der Waals surface area contributed by atoms with E-state index in [0.29, 0.717) is 5.92 Å². The molecule has 0 saturated heterocycles. The summed E-state index contributed by atoms with van der Waals surface area (Å²) in [7, 11) is 0. The van der Waals surface area contributed by atoms with Gasteiger partial charge in [0, 0.05) is 24.2 Å². The molecule has 0 aliphatic rings. The molecule has 2 aromatic heterocycles. The third kappa shape index (κ3) is 3.01. The molecule has 0 aliphatic heterocycles. The molecular formula is C17H21N3S. The molecule has 0 saturated carbocycles. The molecule has 0 radical (unpaired) electrons. The van der Waals surface area contributed by atoms with Gasteiger partial charge in [-0.25, -0.2) is 4.98 Å². The summed E-state index contributed by atoms with van der Waals surface area (Å²) in [5.74, 6) is 0.513. The molecule has 0 fully saturated rings. The smallest absolute Gasteiger partial charge is 0.194 e. The molecule has 1 unspecified atom stereocenters. The van der Waals surface area contributed by atoms with Gasteiger partial charge in [0.25, 0.3) is 0 Å².